The number of nitrogens with one attached hydrogen (secondary N) is 2. The van der Waals surface area contributed by atoms with Crippen LogP contribution in [-0.2, 0) is 9.59 Å². The van der Waals surface area contributed by atoms with Gasteiger partial charge in [0.25, 0.3) is 0 Å². The Morgan fingerprint density at radius 3 is 2.39 bits per heavy atom. The first-order valence-electron chi connectivity index (χ1n) is 8.01. The first-order valence-corrected chi connectivity index (χ1v) is 8.01. The normalized spacial score (nSPS) is 32.3. The van der Waals surface area contributed by atoms with E-state index in [4.69, 9.17) is 5.11 Å². The SMILES string of the molecule is CN[C@@H](CCCCNC(=O)[C@H]1C[C@@H](O)[C@H](C)[C@@H](O)[C@@H]1O)C(=O)O. The van der Waals surface area contributed by atoms with E-state index in [2.05, 4.69) is 10.6 Å². The highest BCUT2D eigenvalue weighted by molar-refractivity contribution is 5.79. The number of carboxylic acids is 1. The number of carboxylic acid groups (broad SMARTS) is 1. The minimum Gasteiger partial charge on any atom is -0.480 e. The molecule has 23 heavy (non-hydrogen) atoms. The first-order chi connectivity index (χ1) is 10.8. The van der Waals surface area contributed by atoms with Gasteiger partial charge in [-0.25, -0.2) is 0 Å². The van der Waals surface area contributed by atoms with Crippen LogP contribution in [0.3, 0.4) is 0 Å². The van der Waals surface area contributed by atoms with E-state index in [9.17, 15) is 24.9 Å². The molecule has 1 fully saturated rings. The summed E-state index contributed by atoms with van der Waals surface area (Å²) in [6, 6.07) is -0.599. The molecule has 0 unspecified atom stereocenters. The maximum Gasteiger partial charge on any atom is 0.320 e. The molecule has 0 saturated heterocycles. The summed E-state index contributed by atoms with van der Waals surface area (Å²) in [5, 5.41) is 43.9. The lowest BCUT2D eigenvalue weighted by Crippen LogP contribution is -2.53. The second kappa shape index (κ2) is 9.17. The van der Waals surface area contributed by atoms with Crippen molar-refractivity contribution in [2.75, 3.05) is 13.6 Å². The highest BCUT2D eigenvalue weighted by atomic mass is 16.4. The van der Waals surface area contributed by atoms with Crippen molar-refractivity contribution in [3.63, 3.8) is 0 Å². The van der Waals surface area contributed by atoms with Gasteiger partial charge in [0.2, 0.25) is 5.91 Å². The molecule has 0 bridgehead atoms. The van der Waals surface area contributed by atoms with Crippen molar-refractivity contribution in [1.82, 2.24) is 10.6 Å². The van der Waals surface area contributed by atoms with Gasteiger partial charge in [-0.1, -0.05) is 6.92 Å². The molecule has 6 N–H and O–H groups in total. The Morgan fingerprint density at radius 1 is 1.17 bits per heavy atom. The monoisotopic (exact) mass is 332 g/mol. The summed E-state index contributed by atoms with van der Waals surface area (Å²) in [6.45, 7) is 1.99. The predicted molar refractivity (Wildman–Crippen MR) is 82.6 cm³/mol. The number of aliphatic hydroxyl groups excluding tert-OH is 3. The molecule has 1 saturated carbocycles. The van der Waals surface area contributed by atoms with Gasteiger partial charge in [0.05, 0.1) is 24.2 Å². The zero-order valence-corrected chi connectivity index (χ0v) is 13.6. The number of carbonyl (C=O) groups is 2. The second-order valence-electron chi connectivity index (χ2n) is 6.22. The quantitative estimate of drug-likeness (QED) is 0.303. The fourth-order valence-corrected chi connectivity index (χ4v) is 2.86. The maximum atomic E-state index is 12.1. The number of unbranched alkanes of at least 4 members (excludes halogenated alkanes) is 1. The number of likely N-dealkylation sites (N-methyl/N-ethyl adjacent to an activating group) is 1. The van der Waals surface area contributed by atoms with Crippen LogP contribution in [-0.4, -0.2) is 70.2 Å². The highest BCUT2D eigenvalue weighted by Gasteiger charge is 2.43. The predicted octanol–water partition coefficient (Wildman–Crippen LogP) is -1.32. The van der Waals surface area contributed by atoms with Crippen LogP contribution in [0.15, 0.2) is 0 Å². The van der Waals surface area contributed by atoms with E-state index >= 15 is 0 Å². The van der Waals surface area contributed by atoms with Crippen LogP contribution >= 0.6 is 0 Å². The molecule has 0 heterocycles. The molecule has 1 rings (SSSR count). The number of carbonyl (C=O) groups excluding carboxylic acids is 1. The first kappa shape index (κ1) is 19.8. The van der Waals surface area contributed by atoms with Crippen molar-refractivity contribution in [3.05, 3.63) is 0 Å². The van der Waals surface area contributed by atoms with Crippen LogP contribution in [0.2, 0.25) is 0 Å². The molecule has 1 aliphatic carbocycles. The molecule has 0 aliphatic heterocycles. The lowest BCUT2D eigenvalue weighted by Gasteiger charge is -2.38. The third-order valence-corrected chi connectivity index (χ3v) is 4.61. The van der Waals surface area contributed by atoms with Crippen LogP contribution in [0.25, 0.3) is 0 Å². The van der Waals surface area contributed by atoms with Crippen molar-refractivity contribution in [3.8, 4) is 0 Å². The van der Waals surface area contributed by atoms with Crippen molar-refractivity contribution >= 4 is 11.9 Å². The van der Waals surface area contributed by atoms with Gasteiger partial charge < -0.3 is 31.1 Å². The van der Waals surface area contributed by atoms with Gasteiger partial charge >= 0.3 is 5.97 Å². The molecular weight excluding hydrogens is 304 g/mol. The molecule has 0 spiro atoms. The topological polar surface area (TPSA) is 139 Å². The number of amides is 1. The van der Waals surface area contributed by atoms with Crippen LogP contribution in [0.4, 0.5) is 0 Å². The average Bonchev–Trinajstić information content (AvgIpc) is 2.51. The van der Waals surface area contributed by atoms with E-state index in [-0.39, 0.29) is 6.42 Å². The molecule has 0 aromatic carbocycles. The van der Waals surface area contributed by atoms with E-state index in [1.165, 1.54) is 0 Å². The van der Waals surface area contributed by atoms with E-state index in [1.807, 2.05) is 0 Å². The number of aliphatic carboxylic acids is 1. The van der Waals surface area contributed by atoms with Crippen LogP contribution in [0.1, 0.15) is 32.6 Å². The Kier molecular flexibility index (Phi) is 7.90. The van der Waals surface area contributed by atoms with Crippen molar-refractivity contribution < 1.29 is 30.0 Å². The van der Waals surface area contributed by atoms with E-state index < -0.39 is 48.1 Å². The Bertz CT molecular complexity index is 405. The lowest BCUT2D eigenvalue weighted by atomic mass is 9.76. The van der Waals surface area contributed by atoms with Gasteiger partial charge in [0.15, 0.2) is 0 Å². The van der Waals surface area contributed by atoms with E-state index in [1.54, 1.807) is 14.0 Å². The molecule has 0 aromatic rings. The minimum absolute atomic E-state index is 0.117. The summed E-state index contributed by atoms with van der Waals surface area (Å²) >= 11 is 0. The highest BCUT2D eigenvalue weighted by Crippen LogP contribution is 2.29. The summed E-state index contributed by atoms with van der Waals surface area (Å²) < 4.78 is 0. The van der Waals surface area contributed by atoms with Crippen molar-refractivity contribution in [2.45, 2.75) is 57.0 Å². The molecule has 1 amide bonds. The Labute approximate surface area is 135 Å². The number of aliphatic hydroxyl groups is 3. The number of rotatable bonds is 8. The minimum atomic E-state index is -1.19. The largest absolute Gasteiger partial charge is 0.480 e. The number of hydrogen-bond donors (Lipinski definition) is 6. The van der Waals surface area contributed by atoms with Crippen molar-refractivity contribution in [1.29, 1.82) is 0 Å². The average molecular weight is 332 g/mol. The van der Waals surface area contributed by atoms with Gasteiger partial charge in [-0.15, -0.1) is 0 Å². The molecular formula is C15H28N2O6. The Balaban J connectivity index is 2.32. The molecule has 6 atom stereocenters. The van der Waals surface area contributed by atoms with Gasteiger partial charge in [-0.2, -0.15) is 0 Å². The summed E-state index contributed by atoms with van der Waals surface area (Å²) in [5.74, 6) is -2.60. The standard InChI is InChI=1S/C15H28N2O6/c1-8-11(18)7-9(13(20)12(8)19)14(21)17-6-4-3-5-10(16-2)15(22)23/h8-13,16,18-20H,3-7H2,1-2H3,(H,17,21)(H,22,23)/t8-,9-,10-,11+,12+,13+/m0/s1. The smallest absolute Gasteiger partial charge is 0.320 e. The maximum absolute atomic E-state index is 12.1. The summed E-state index contributed by atoms with van der Waals surface area (Å²) in [7, 11) is 1.59. The Hall–Kier alpha value is -1.22. The summed E-state index contributed by atoms with van der Waals surface area (Å²) in [6.07, 6.45) is -1.31. The van der Waals surface area contributed by atoms with E-state index in [0.717, 1.165) is 0 Å². The third kappa shape index (κ3) is 5.42. The van der Waals surface area contributed by atoms with Crippen molar-refractivity contribution in [2.24, 2.45) is 11.8 Å². The molecule has 0 radical (unpaired) electrons. The van der Waals surface area contributed by atoms with Gasteiger partial charge in [0.1, 0.15) is 6.04 Å². The van der Waals surface area contributed by atoms with E-state index in [0.29, 0.717) is 25.8 Å². The molecule has 0 aromatic heterocycles. The molecule has 8 heteroatoms. The fourth-order valence-electron chi connectivity index (χ4n) is 2.86. The third-order valence-electron chi connectivity index (χ3n) is 4.61. The summed E-state index contributed by atoms with van der Waals surface area (Å²) in [4.78, 5) is 22.9. The summed E-state index contributed by atoms with van der Waals surface area (Å²) in [5.41, 5.74) is 0. The van der Waals surface area contributed by atoms with Gasteiger partial charge in [0, 0.05) is 12.5 Å². The van der Waals surface area contributed by atoms with Crippen LogP contribution in [0.5, 0.6) is 0 Å². The van der Waals surface area contributed by atoms with Crippen LogP contribution in [0, 0.1) is 11.8 Å². The van der Waals surface area contributed by atoms with Gasteiger partial charge in [-0.3, -0.25) is 9.59 Å². The van der Waals surface area contributed by atoms with Crippen LogP contribution < -0.4 is 10.6 Å². The fraction of sp³-hybridized carbons (Fsp3) is 0.867. The molecule has 1 aliphatic rings. The molecule has 8 nitrogen and oxygen atoms in total. The lowest BCUT2D eigenvalue weighted by molar-refractivity contribution is -0.149. The zero-order chi connectivity index (χ0) is 17.6. The molecule has 134 valence electrons. The Morgan fingerprint density at radius 2 is 1.83 bits per heavy atom. The van der Waals surface area contributed by atoms with Gasteiger partial charge in [-0.05, 0) is 32.7 Å². The zero-order valence-electron chi connectivity index (χ0n) is 13.6. The number of hydrogen-bond acceptors (Lipinski definition) is 6. The second-order valence-corrected chi connectivity index (χ2v) is 6.22.